The van der Waals surface area contributed by atoms with Gasteiger partial charge in [0.05, 0.1) is 6.54 Å². The lowest BCUT2D eigenvalue weighted by atomic mass is 10.3. The largest absolute Gasteiger partial charge is 0.376 e. The maximum Gasteiger partial charge on any atom is 0.241 e. The van der Waals surface area contributed by atoms with E-state index in [4.69, 9.17) is 0 Å². The first kappa shape index (κ1) is 15.2. The summed E-state index contributed by atoms with van der Waals surface area (Å²) >= 11 is 0. The Morgan fingerprint density at radius 1 is 1.13 bits per heavy atom. The van der Waals surface area contributed by atoms with Gasteiger partial charge in [-0.15, -0.1) is 0 Å². The summed E-state index contributed by atoms with van der Waals surface area (Å²) in [5.41, 5.74) is 0.606. The summed E-state index contributed by atoms with van der Waals surface area (Å²) in [6.45, 7) is 2.82. The molecule has 23 heavy (non-hydrogen) atoms. The third-order valence-electron chi connectivity index (χ3n) is 3.74. The molecule has 1 aromatic carbocycles. The zero-order valence-corrected chi connectivity index (χ0v) is 12.7. The van der Waals surface area contributed by atoms with Crippen molar-refractivity contribution < 1.29 is 9.18 Å². The van der Waals surface area contributed by atoms with Gasteiger partial charge in [-0.2, -0.15) is 0 Å². The number of carbonyl (C=O) groups is 1. The quantitative estimate of drug-likeness (QED) is 0.923. The minimum Gasteiger partial charge on any atom is -0.376 e. The van der Waals surface area contributed by atoms with Crippen molar-refractivity contribution in [3.63, 3.8) is 0 Å². The molecule has 7 heteroatoms. The molecule has 0 atom stereocenters. The summed E-state index contributed by atoms with van der Waals surface area (Å²) in [5.74, 6) is 0.374. The van der Waals surface area contributed by atoms with Crippen LogP contribution in [0.4, 0.5) is 16.0 Å². The van der Waals surface area contributed by atoms with Crippen LogP contribution in [0.1, 0.15) is 0 Å². The van der Waals surface area contributed by atoms with E-state index in [0.29, 0.717) is 37.8 Å². The Kier molecular flexibility index (Phi) is 4.65. The number of nitrogens with one attached hydrogen (secondary N) is 1. The van der Waals surface area contributed by atoms with Crippen molar-refractivity contribution >= 4 is 17.5 Å². The number of rotatable bonds is 4. The molecule has 1 amide bonds. The first-order chi connectivity index (χ1) is 11.2. The third-order valence-corrected chi connectivity index (χ3v) is 3.74. The van der Waals surface area contributed by atoms with E-state index < -0.39 is 0 Å². The van der Waals surface area contributed by atoms with E-state index in [2.05, 4.69) is 20.2 Å². The van der Waals surface area contributed by atoms with Gasteiger partial charge in [-0.25, -0.2) is 14.4 Å². The summed E-state index contributed by atoms with van der Waals surface area (Å²) in [4.78, 5) is 24.5. The molecule has 0 aliphatic carbocycles. The molecule has 1 aliphatic rings. The van der Waals surface area contributed by atoms with E-state index >= 15 is 0 Å². The smallest absolute Gasteiger partial charge is 0.241 e. The summed E-state index contributed by atoms with van der Waals surface area (Å²) < 4.78 is 13.1. The Labute approximate surface area is 134 Å². The highest BCUT2D eigenvalue weighted by Crippen LogP contribution is 2.11. The molecule has 0 bridgehead atoms. The summed E-state index contributed by atoms with van der Waals surface area (Å²) in [6.07, 6.45) is 3.42. The highest BCUT2D eigenvalue weighted by molar-refractivity contribution is 5.81. The molecule has 2 heterocycles. The average Bonchev–Trinajstić information content (AvgIpc) is 2.61. The van der Waals surface area contributed by atoms with Crippen molar-refractivity contribution in [2.45, 2.75) is 0 Å². The van der Waals surface area contributed by atoms with Crippen molar-refractivity contribution in [3.8, 4) is 0 Å². The fraction of sp³-hybridized carbons (Fsp3) is 0.312. The van der Waals surface area contributed by atoms with E-state index in [9.17, 15) is 9.18 Å². The Bertz CT molecular complexity index is 659. The molecule has 0 unspecified atom stereocenters. The van der Waals surface area contributed by atoms with Crippen LogP contribution in [-0.2, 0) is 4.79 Å². The van der Waals surface area contributed by atoms with Gasteiger partial charge in [0.15, 0.2) is 0 Å². The van der Waals surface area contributed by atoms with Crippen LogP contribution < -0.4 is 10.2 Å². The zero-order valence-electron chi connectivity index (χ0n) is 12.7. The number of hydrogen-bond acceptors (Lipinski definition) is 5. The molecule has 0 saturated carbocycles. The second-order valence-corrected chi connectivity index (χ2v) is 5.28. The maximum absolute atomic E-state index is 13.1. The third kappa shape index (κ3) is 3.94. The normalized spacial score (nSPS) is 14.7. The minimum atomic E-state index is -0.320. The van der Waals surface area contributed by atoms with E-state index in [1.807, 2.05) is 0 Å². The van der Waals surface area contributed by atoms with E-state index in [1.54, 1.807) is 35.5 Å². The Morgan fingerprint density at radius 2 is 1.87 bits per heavy atom. The lowest BCUT2D eigenvalue weighted by molar-refractivity contribution is -0.129. The molecule has 1 aliphatic heterocycles. The van der Waals surface area contributed by atoms with Crippen LogP contribution in [0.3, 0.4) is 0 Å². The first-order valence-corrected chi connectivity index (χ1v) is 7.51. The molecule has 1 fully saturated rings. The number of amides is 1. The van der Waals surface area contributed by atoms with Crippen LogP contribution in [0.25, 0.3) is 0 Å². The fourth-order valence-corrected chi connectivity index (χ4v) is 2.50. The molecular formula is C16H18FN5O. The van der Waals surface area contributed by atoms with Crippen molar-refractivity contribution in [1.82, 2.24) is 14.9 Å². The van der Waals surface area contributed by atoms with Gasteiger partial charge in [0.1, 0.15) is 5.82 Å². The van der Waals surface area contributed by atoms with Crippen molar-refractivity contribution in [2.24, 2.45) is 0 Å². The van der Waals surface area contributed by atoms with Gasteiger partial charge >= 0.3 is 0 Å². The van der Waals surface area contributed by atoms with E-state index in [1.165, 1.54) is 12.1 Å². The van der Waals surface area contributed by atoms with Gasteiger partial charge in [0.25, 0.3) is 0 Å². The second kappa shape index (κ2) is 7.04. The molecule has 2 aromatic rings. The second-order valence-electron chi connectivity index (χ2n) is 5.28. The fourth-order valence-electron chi connectivity index (χ4n) is 2.50. The molecule has 0 radical (unpaired) electrons. The lowest BCUT2D eigenvalue weighted by Gasteiger charge is -2.34. The van der Waals surface area contributed by atoms with E-state index in [0.717, 1.165) is 0 Å². The number of benzene rings is 1. The van der Waals surface area contributed by atoms with Crippen LogP contribution in [0.2, 0.25) is 0 Å². The number of aromatic nitrogens is 2. The van der Waals surface area contributed by atoms with Gasteiger partial charge in [0.2, 0.25) is 11.9 Å². The summed E-state index contributed by atoms with van der Waals surface area (Å²) in [7, 11) is 0. The SMILES string of the molecule is O=C(CNc1cccc(F)c1)N1CCN(c2ncccn2)CC1. The Morgan fingerprint density at radius 3 is 2.57 bits per heavy atom. The van der Waals surface area contributed by atoms with Gasteiger partial charge in [0, 0.05) is 44.3 Å². The van der Waals surface area contributed by atoms with Crippen LogP contribution in [-0.4, -0.2) is 53.5 Å². The number of anilines is 2. The van der Waals surface area contributed by atoms with Crippen molar-refractivity contribution in [3.05, 3.63) is 48.5 Å². The van der Waals surface area contributed by atoms with Gasteiger partial charge in [-0.1, -0.05) is 6.07 Å². The molecule has 6 nitrogen and oxygen atoms in total. The maximum atomic E-state index is 13.1. The Hall–Kier alpha value is -2.70. The first-order valence-electron chi connectivity index (χ1n) is 7.51. The standard InChI is InChI=1S/C16H18FN5O/c17-13-3-1-4-14(11-13)20-12-15(23)21-7-9-22(10-8-21)16-18-5-2-6-19-16/h1-6,11,20H,7-10,12H2. The monoisotopic (exact) mass is 315 g/mol. The van der Waals surface area contributed by atoms with Crippen LogP contribution in [0, 0.1) is 5.82 Å². The highest BCUT2D eigenvalue weighted by Gasteiger charge is 2.22. The summed E-state index contributed by atoms with van der Waals surface area (Å²) in [6, 6.07) is 7.87. The van der Waals surface area contributed by atoms with Crippen molar-refractivity contribution in [1.29, 1.82) is 0 Å². The molecule has 1 saturated heterocycles. The minimum absolute atomic E-state index is 0.00268. The van der Waals surface area contributed by atoms with Crippen LogP contribution in [0.5, 0.6) is 0 Å². The lowest BCUT2D eigenvalue weighted by Crippen LogP contribution is -2.50. The average molecular weight is 315 g/mol. The number of carbonyl (C=O) groups excluding carboxylic acids is 1. The number of piperazine rings is 1. The highest BCUT2D eigenvalue weighted by atomic mass is 19.1. The number of halogens is 1. The van der Waals surface area contributed by atoms with Crippen LogP contribution in [0.15, 0.2) is 42.7 Å². The van der Waals surface area contributed by atoms with Crippen LogP contribution >= 0.6 is 0 Å². The van der Waals surface area contributed by atoms with Gasteiger partial charge < -0.3 is 15.1 Å². The zero-order chi connectivity index (χ0) is 16.1. The van der Waals surface area contributed by atoms with Crippen molar-refractivity contribution in [2.75, 3.05) is 42.9 Å². The number of nitrogens with zero attached hydrogens (tertiary/aromatic N) is 4. The molecule has 3 rings (SSSR count). The predicted molar refractivity (Wildman–Crippen MR) is 85.7 cm³/mol. The van der Waals surface area contributed by atoms with Gasteiger partial charge in [-0.05, 0) is 24.3 Å². The van der Waals surface area contributed by atoms with E-state index in [-0.39, 0.29) is 18.3 Å². The summed E-state index contributed by atoms with van der Waals surface area (Å²) in [5, 5.41) is 2.96. The van der Waals surface area contributed by atoms with Gasteiger partial charge in [-0.3, -0.25) is 4.79 Å². The Balaban J connectivity index is 1.48. The number of hydrogen-bond donors (Lipinski definition) is 1. The molecule has 0 spiro atoms. The molecule has 120 valence electrons. The molecular weight excluding hydrogens is 297 g/mol. The topological polar surface area (TPSA) is 61.4 Å². The molecule has 1 N–H and O–H groups in total. The predicted octanol–water partition coefficient (Wildman–Crippen LogP) is 1.38. The molecule has 1 aromatic heterocycles.